The molecule has 1 aliphatic carbocycles. The summed E-state index contributed by atoms with van der Waals surface area (Å²) in [4.78, 5) is 10.7. The van der Waals surface area contributed by atoms with Crippen LogP contribution in [0.5, 0.6) is 0 Å². The van der Waals surface area contributed by atoms with E-state index in [4.69, 9.17) is 5.11 Å². The number of carbonyl (C=O) groups is 1. The Morgan fingerprint density at radius 3 is 2.60 bits per heavy atom. The molecule has 0 unspecified atom stereocenters. The van der Waals surface area contributed by atoms with Gasteiger partial charge in [0.1, 0.15) is 0 Å². The Morgan fingerprint density at radius 2 is 2.30 bits per heavy atom. The van der Waals surface area contributed by atoms with E-state index in [0.29, 0.717) is 0 Å². The highest BCUT2D eigenvalue weighted by Gasteiger charge is 2.42. The molecule has 1 fully saturated rings. The Balaban J connectivity index is 2.30. The zero-order chi connectivity index (χ0) is 7.61. The van der Waals surface area contributed by atoms with Gasteiger partial charge in [-0.15, -0.1) is 0 Å². The van der Waals surface area contributed by atoms with Gasteiger partial charge in [-0.05, 0) is 12.8 Å². The summed E-state index contributed by atoms with van der Waals surface area (Å²) in [5, 5.41) is 11.5. The van der Waals surface area contributed by atoms with Crippen molar-refractivity contribution in [2.45, 2.75) is 18.4 Å². The molecule has 10 heavy (non-hydrogen) atoms. The molecule has 0 saturated heterocycles. The molecule has 2 N–H and O–H groups in total. The number of thiol groups is 1. The zero-order valence-electron chi connectivity index (χ0n) is 5.63. The number of rotatable bonds is 3. The first-order valence-electron chi connectivity index (χ1n) is 3.25. The molecule has 0 bridgehead atoms. The summed E-state index contributed by atoms with van der Waals surface area (Å²) in [6, 6.07) is 0. The molecule has 3 nitrogen and oxygen atoms in total. The summed E-state index contributed by atoms with van der Waals surface area (Å²) in [6.45, 7) is 0.0481. The third-order valence-electron chi connectivity index (χ3n) is 1.70. The van der Waals surface area contributed by atoms with Crippen molar-refractivity contribution in [1.82, 2.24) is 5.32 Å². The average Bonchev–Trinajstić information content (AvgIpc) is 2.70. The second kappa shape index (κ2) is 2.80. The van der Waals surface area contributed by atoms with E-state index in [-0.39, 0.29) is 23.8 Å². The predicted octanol–water partition coefficient (Wildman–Crippen LogP) is -0.443. The van der Waals surface area contributed by atoms with Crippen LogP contribution in [-0.2, 0) is 4.79 Å². The second-order valence-electron chi connectivity index (χ2n) is 2.64. The summed E-state index contributed by atoms with van der Waals surface area (Å²) >= 11 is 3.80. The van der Waals surface area contributed by atoms with Crippen LogP contribution in [0.15, 0.2) is 0 Å². The van der Waals surface area contributed by atoms with Crippen molar-refractivity contribution in [2.24, 2.45) is 0 Å². The highest BCUT2D eigenvalue weighted by atomic mass is 32.1. The molecule has 58 valence electrons. The molecule has 0 aromatic rings. The quantitative estimate of drug-likeness (QED) is 0.491. The smallest absolute Gasteiger partial charge is 0.230 e. The van der Waals surface area contributed by atoms with Gasteiger partial charge in [0, 0.05) is 0 Å². The lowest BCUT2D eigenvalue weighted by Gasteiger charge is -2.12. The van der Waals surface area contributed by atoms with Crippen LogP contribution in [0, 0.1) is 0 Å². The molecule has 1 rings (SSSR count). The molecular formula is C6H11NO2S. The summed E-state index contributed by atoms with van der Waals surface area (Å²) in [7, 11) is 0. The molecule has 4 heteroatoms. The van der Waals surface area contributed by atoms with Crippen LogP contribution in [0.2, 0.25) is 0 Å². The van der Waals surface area contributed by atoms with Crippen LogP contribution < -0.4 is 5.32 Å². The summed E-state index contributed by atoms with van der Waals surface area (Å²) in [5.74, 6) is 0.0942. The Morgan fingerprint density at radius 1 is 1.70 bits per heavy atom. The zero-order valence-corrected chi connectivity index (χ0v) is 6.53. The van der Waals surface area contributed by atoms with Gasteiger partial charge in [-0.2, -0.15) is 12.6 Å². The molecule has 0 spiro atoms. The molecule has 0 aromatic carbocycles. The maximum Gasteiger partial charge on any atom is 0.230 e. The van der Waals surface area contributed by atoms with Crippen LogP contribution in [0.4, 0.5) is 0 Å². The van der Waals surface area contributed by atoms with Gasteiger partial charge in [0.05, 0.1) is 17.9 Å². The van der Waals surface area contributed by atoms with Gasteiger partial charge in [0.2, 0.25) is 5.91 Å². The Labute approximate surface area is 65.2 Å². The van der Waals surface area contributed by atoms with Crippen molar-refractivity contribution in [2.75, 3.05) is 12.4 Å². The highest BCUT2D eigenvalue weighted by molar-refractivity contribution is 7.81. The lowest BCUT2D eigenvalue weighted by atomic mass is 10.3. The average molecular weight is 161 g/mol. The van der Waals surface area contributed by atoms with Gasteiger partial charge in [0.25, 0.3) is 0 Å². The third-order valence-corrected chi connectivity index (χ3v) is 1.99. The minimum Gasteiger partial charge on any atom is -0.394 e. The minimum atomic E-state index is -0.278. The fraction of sp³-hybridized carbons (Fsp3) is 0.833. The van der Waals surface area contributed by atoms with E-state index in [2.05, 4.69) is 17.9 Å². The Bertz CT molecular complexity index is 145. The van der Waals surface area contributed by atoms with Gasteiger partial charge in [-0.1, -0.05) is 0 Å². The highest BCUT2D eigenvalue weighted by Crippen LogP contribution is 2.34. The van der Waals surface area contributed by atoms with E-state index in [1.807, 2.05) is 0 Å². The Kier molecular flexibility index (Phi) is 2.21. The Hall–Kier alpha value is -0.220. The van der Waals surface area contributed by atoms with Crippen molar-refractivity contribution >= 4 is 18.5 Å². The number of aliphatic hydroxyl groups is 1. The molecule has 0 radical (unpaired) electrons. The number of hydrogen-bond acceptors (Lipinski definition) is 3. The molecule has 0 aromatic heterocycles. The van der Waals surface area contributed by atoms with Crippen LogP contribution in [0.1, 0.15) is 12.8 Å². The summed E-state index contributed by atoms with van der Waals surface area (Å²) in [6.07, 6.45) is 1.78. The van der Waals surface area contributed by atoms with E-state index in [0.717, 1.165) is 12.8 Å². The first kappa shape index (κ1) is 7.88. The SMILES string of the molecule is O=C(CS)NC1(CO)CC1. The molecule has 1 saturated carbocycles. The normalized spacial score (nSPS) is 20.2. The fourth-order valence-electron chi connectivity index (χ4n) is 0.809. The largest absolute Gasteiger partial charge is 0.394 e. The fourth-order valence-corrected chi connectivity index (χ4v) is 0.888. The lowest BCUT2D eigenvalue weighted by molar-refractivity contribution is -0.119. The standard InChI is InChI=1S/C6H11NO2S/c8-4-6(1-2-6)7-5(9)3-10/h8,10H,1-4H2,(H,7,9). The topological polar surface area (TPSA) is 49.3 Å². The van der Waals surface area contributed by atoms with Crippen molar-refractivity contribution in [3.8, 4) is 0 Å². The number of amides is 1. The van der Waals surface area contributed by atoms with E-state index in [1.165, 1.54) is 0 Å². The predicted molar refractivity (Wildman–Crippen MR) is 41.0 cm³/mol. The third kappa shape index (κ3) is 1.64. The van der Waals surface area contributed by atoms with E-state index >= 15 is 0 Å². The summed E-state index contributed by atoms with van der Waals surface area (Å²) in [5.41, 5.74) is -0.278. The molecule has 1 amide bonds. The van der Waals surface area contributed by atoms with Gasteiger partial charge in [-0.25, -0.2) is 0 Å². The molecular weight excluding hydrogens is 150 g/mol. The van der Waals surface area contributed by atoms with Crippen molar-refractivity contribution in [3.63, 3.8) is 0 Å². The van der Waals surface area contributed by atoms with Gasteiger partial charge >= 0.3 is 0 Å². The second-order valence-corrected chi connectivity index (χ2v) is 2.96. The lowest BCUT2D eigenvalue weighted by Crippen LogP contribution is -2.40. The van der Waals surface area contributed by atoms with Gasteiger partial charge in [-0.3, -0.25) is 4.79 Å². The maximum atomic E-state index is 10.7. The first-order valence-corrected chi connectivity index (χ1v) is 3.88. The molecule has 1 aliphatic rings. The minimum absolute atomic E-state index is 0.0481. The van der Waals surface area contributed by atoms with Crippen molar-refractivity contribution < 1.29 is 9.90 Å². The van der Waals surface area contributed by atoms with E-state index in [1.54, 1.807) is 0 Å². The van der Waals surface area contributed by atoms with Crippen molar-refractivity contribution in [3.05, 3.63) is 0 Å². The van der Waals surface area contributed by atoms with Crippen LogP contribution in [0.3, 0.4) is 0 Å². The van der Waals surface area contributed by atoms with E-state index in [9.17, 15) is 4.79 Å². The maximum absolute atomic E-state index is 10.7. The van der Waals surface area contributed by atoms with Crippen molar-refractivity contribution in [1.29, 1.82) is 0 Å². The number of nitrogens with one attached hydrogen (secondary N) is 1. The molecule has 0 heterocycles. The van der Waals surface area contributed by atoms with Crippen LogP contribution in [-0.4, -0.2) is 28.9 Å². The van der Waals surface area contributed by atoms with Gasteiger partial charge < -0.3 is 10.4 Å². The number of hydrogen-bond donors (Lipinski definition) is 3. The van der Waals surface area contributed by atoms with Crippen LogP contribution in [0.25, 0.3) is 0 Å². The number of aliphatic hydroxyl groups excluding tert-OH is 1. The van der Waals surface area contributed by atoms with Crippen LogP contribution >= 0.6 is 12.6 Å². The first-order chi connectivity index (χ1) is 4.72. The van der Waals surface area contributed by atoms with E-state index < -0.39 is 0 Å². The monoisotopic (exact) mass is 161 g/mol. The van der Waals surface area contributed by atoms with Gasteiger partial charge in [0.15, 0.2) is 0 Å². The molecule has 0 aliphatic heterocycles. The summed E-state index contributed by atoms with van der Waals surface area (Å²) < 4.78 is 0. The molecule has 0 atom stereocenters. The number of carbonyl (C=O) groups excluding carboxylic acids is 1.